The van der Waals surface area contributed by atoms with Crippen molar-refractivity contribution in [2.45, 2.75) is 49.7 Å². The highest BCUT2D eigenvalue weighted by atomic mass is 79.9. The number of aromatic nitrogens is 4. The molecule has 1 amide bonds. The van der Waals surface area contributed by atoms with Crippen molar-refractivity contribution < 1.29 is 26.4 Å². The van der Waals surface area contributed by atoms with Crippen LogP contribution in [0.1, 0.15) is 48.8 Å². The molecule has 1 saturated heterocycles. The van der Waals surface area contributed by atoms with Crippen LogP contribution in [0.25, 0.3) is 0 Å². The molecule has 33 heavy (non-hydrogen) atoms. The Balaban J connectivity index is 1.50. The van der Waals surface area contributed by atoms with Crippen LogP contribution in [-0.2, 0) is 28.0 Å². The van der Waals surface area contributed by atoms with Crippen LogP contribution in [0, 0.1) is 6.92 Å². The molecule has 14 heteroatoms. The second-order valence-corrected chi connectivity index (χ2v) is 11.1. The summed E-state index contributed by atoms with van der Waals surface area (Å²) in [4.78, 5) is 14.7. The lowest BCUT2D eigenvalue weighted by molar-refractivity contribution is -0.143. The van der Waals surface area contributed by atoms with E-state index < -0.39 is 33.8 Å². The van der Waals surface area contributed by atoms with Crippen LogP contribution in [0.15, 0.2) is 15.6 Å². The molecule has 4 rings (SSSR count). The van der Waals surface area contributed by atoms with Gasteiger partial charge in [0.25, 0.3) is 0 Å². The number of sulfonamides is 1. The van der Waals surface area contributed by atoms with Crippen molar-refractivity contribution in [1.82, 2.24) is 28.8 Å². The molecule has 1 aliphatic heterocycles. The van der Waals surface area contributed by atoms with Gasteiger partial charge in [-0.15, -0.1) is 0 Å². The van der Waals surface area contributed by atoms with E-state index in [1.807, 2.05) is 0 Å². The van der Waals surface area contributed by atoms with Crippen LogP contribution in [-0.4, -0.2) is 69.3 Å². The smallest absolute Gasteiger partial charge is 0.338 e. The third-order valence-electron chi connectivity index (χ3n) is 6.20. The van der Waals surface area contributed by atoms with Crippen molar-refractivity contribution in [3.63, 3.8) is 0 Å². The van der Waals surface area contributed by atoms with Gasteiger partial charge in [0.15, 0.2) is 5.69 Å². The summed E-state index contributed by atoms with van der Waals surface area (Å²) >= 11 is 3.04. The summed E-state index contributed by atoms with van der Waals surface area (Å²) in [7, 11) is -2.11. The molecular weight excluding hydrogens is 529 g/mol. The van der Waals surface area contributed by atoms with Crippen LogP contribution in [0.2, 0.25) is 0 Å². The van der Waals surface area contributed by atoms with Gasteiger partial charge in [-0.05, 0) is 42.6 Å². The number of carbonyl (C=O) groups excluding carboxylic acids is 1. The Hall–Kier alpha value is -1.93. The molecule has 2 aromatic rings. The molecular formula is C19H24BrF3N6O3S. The Bertz CT molecular complexity index is 1180. The Morgan fingerprint density at radius 2 is 1.82 bits per heavy atom. The number of amides is 1. The minimum atomic E-state index is -4.64. The summed E-state index contributed by atoms with van der Waals surface area (Å²) in [6, 6.07) is -0.947. The molecule has 1 aliphatic carbocycles. The van der Waals surface area contributed by atoms with Gasteiger partial charge in [0.05, 0.1) is 22.1 Å². The Kier molecular flexibility index (Phi) is 6.15. The fourth-order valence-electron chi connectivity index (χ4n) is 4.02. The third-order valence-corrected chi connectivity index (χ3v) is 8.99. The average Bonchev–Trinajstić information content (AvgIpc) is 3.44. The highest BCUT2D eigenvalue weighted by molar-refractivity contribution is 9.10. The molecule has 1 atom stereocenters. The Morgan fingerprint density at radius 3 is 2.30 bits per heavy atom. The van der Waals surface area contributed by atoms with Gasteiger partial charge < -0.3 is 4.90 Å². The fraction of sp³-hybridized carbons (Fsp3) is 0.632. The van der Waals surface area contributed by atoms with Gasteiger partial charge in [0, 0.05) is 39.1 Å². The summed E-state index contributed by atoms with van der Waals surface area (Å²) in [5.74, 6) is -0.460. The van der Waals surface area contributed by atoms with Crippen molar-refractivity contribution in [3.05, 3.63) is 27.8 Å². The van der Waals surface area contributed by atoms with Crippen LogP contribution in [0.3, 0.4) is 0 Å². The van der Waals surface area contributed by atoms with E-state index in [9.17, 15) is 26.4 Å². The number of carbonyl (C=O) groups is 1. The SMILES string of the molecule is Cc1c(S(=O)(=O)N2CCN(C(=O)C(C)n3nc(C(F)(F)F)c(Br)c3C3CC3)CC2)cnn1C. The topological polar surface area (TPSA) is 93.3 Å². The monoisotopic (exact) mass is 552 g/mol. The van der Waals surface area contributed by atoms with E-state index in [1.54, 1.807) is 14.0 Å². The summed E-state index contributed by atoms with van der Waals surface area (Å²) in [5, 5.41) is 7.73. The first-order valence-electron chi connectivity index (χ1n) is 10.5. The second kappa shape index (κ2) is 8.38. The van der Waals surface area contributed by atoms with Crippen molar-refractivity contribution in [3.8, 4) is 0 Å². The van der Waals surface area contributed by atoms with Gasteiger partial charge in [-0.25, -0.2) is 8.42 Å². The molecule has 182 valence electrons. The molecule has 0 aromatic carbocycles. The van der Waals surface area contributed by atoms with Gasteiger partial charge >= 0.3 is 6.18 Å². The zero-order chi connectivity index (χ0) is 24.3. The van der Waals surface area contributed by atoms with Gasteiger partial charge in [-0.1, -0.05) is 0 Å². The first-order valence-corrected chi connectivity index (χ1v) is 12.7. The summed E-state index contributed by atoms with van der Waals surface area (Å²) in [5.41, 5.74) is -0.136. The van der Waals surface area contributed by atoms with Crippen LogP contribution in [0.5, 0.6) is 0 Å². The normalized spacial score (nSPS) is 19.2. The summed E-state index contributed by atoms with van der Waals surface area (Å²) in [6.45, 7) is 3.62. The number of rotatable bonds is 5. The van der Waals surface area contributed by atoms with Gasteiger partial charge in [0.2, 0.25) is 15.9 Å². The largest absolute Gasteiger partial charge is 0.436 e. The van der Waals surface area contributed by atoms with Crippen LogP contribution >= 0.6 is 15.9 Å². The molecule has 0 spiro atoms. The Labute approximate surface area is 197 Å². The van der Waals surface area contributed by atoms with Crippen molar-refractivity contribution in [2.24, 2.45) is 7.05 Å². The lowest BCUT2D eigenvalue weighted by Crippen LogP contribution is -2.52. The van der Waals surface area contributed by atoms with Crippen LogP contribution < -0.4 is 0 Å². The van der Waals surface area contributed by atoms with Crippen molar-refractivity contribution in [2.75, 3.05) is 26.2 Å². The van der Waals surface area contributed by atoms with E-state index in [0.29, 0.717) is 11.4 Å². The number of halogens is 4. The zero-order valence-corrected chi connectivity index (χ0v) is 20.7. The number of hydrogen-bond donors (Lipinski definition) is 0. The number of alkyl halides is 3. The first-order chi connectivity index (χ1) is 15.3. The van der Waals surface area contributed by atoms with E-state index in [1.165, 1.54) is 31.7 Å². The number of nitrogens with zero attached hydrogens (tertiary/aromatic N) is 6. The van der Waals surface area contributed by atoms with Gasteiger partial charge in [-0.2, -0.15) is 27.7 Å². The molecule has 9 nitrogen and oxygen atoms in total. The maximum Gasteiger partial charge on any atom is 0.436 e. The molecule has 0 radical (unpaired) electrons. The molecule has 2 fully saturated rings. The lowest BCUT2D eigenvalue weighted by Gasteiger charge is -2.35. The van der Waals surface area contributed by atoms with E-state index >= 15 is 0 Å². The number of piperazine rings is 1. The predicted octanol–water partition coefficient (Wildman–Crippen LogP) is 2.68. The molecule has 1 saturated carbocycles. The lowest BCUT2D eigenvalue weighted by atomic mass is 10.2. The minimum Gasteiger partial charge on any atom is -0.338 e. The summed E-state index contributed by atoms with van der Waals surface area (Å²) in [6.07, 6.45) is -1.85. The average molecular weight is 553 g/mol. The molecule has 3 heterocycles. The van der Waals surface area contributed by atoms with Gasteiger partial charge in [0.1, 0.15) is 10.9 Å². The fourth-order valence-corrected chi connectivity index (χ4v) is 6.43. The first kappa shape index (κ1) is 24.2. The quantitative estimate of drug-likeness (QED) is 0.568. The second-order valence-electron chi connectivity index (χ2n) is 8.39. The standard InChI is InChI=1S/C19H24BrF3N6O3S/c1-11-14(10-24-26(11)3)33(31,32)28-8-6-27(7-9-28)18(30)12(2)29-16(13-4-5-13)15(20)17(25-29)19(21,22)23/h10,12-13H,4-9H2,1-3H3. The van der Waals surface area contributed by atoms with Crippen LogP contribution in [0.4, 0.5) is 13.2 Å². The van der Waals surface area contributed by atoms with E-state index in [2.05, 4.69) is 26.1 Å². The molecule has 1 unspecified atom stereocenters. The van der Waals surface area contributed by atoms with Crippen molar-refractivity contribution >= 4 is 31.9 Å². The summed E-state index contributed by atoms with van der Waals surface area (Å²) < 4.78 is 70.0. The number of aryl methyl sites for hydroxylation is 1. The molecule has 0 bridgehead atoms. The highest BCUT2D eigenvalue weighted by Crippen LogP contribution is 2.47. The van der Waals surface area contributed by atoms with Crippen molar-refractivity contribution in [1.29, 1.82) is 0 Å². The minimum absolute atomic E-state index is 0.0667. The highest BCUT2D eigenvalue weighted by Gasteiger charge is 2.43. The number of hydrogen-bond acceptors (Lipinski definition) is 5. The van der Waals surface area contributed by atoms with E-state index in [4.69, 9.17) is 0 Å². The van der Waals surface area contributed by atoms with E-state index in [0.717, 1.165) is 12.8 Å². The van der Waals surface area contributed by atoms with Gasteiger partial charge in [-0.3, -0.25) is 14.2 Å². The Morgan fingerprint density at radius 1 is 1.21 bits per heavy atom. The predicted molar refractivity (Wildman–Crippen MR) is 115 cm³/mol. The molecule has 2 aromatic heterocycles. The molecule has 0 N–H and O–H groups in total. The maximum atomic E-state index is 13.4. The molecule has 2 aliphatic rings. The maximum absolute atomic E-state index is 13.4. The van der Waals surface area contributed by atoms with E-state index in [-0.39, 0.29) is 41.5 Å². The third kappa shape index (κ3) is 4.32. The zero-order valence-electron chi connectivity index (χ0n) is 18.3.